The standard InChI is InChI=1S/C22H17Cl5N2O3S/c23-16-4-6-18(7-5-16)33(31,32)29(12-14-1-8-19(25)21(27)9-14)13-22(30)28-11-15-2-3-17(24)10-20(15)26/h1-10H,11-13H2,(H,28,30). The Bertz CT molecular complexity index is 1270. The molecule has 5 nitrogen and oxygen atoms in total. The van der Waals surface area contributed by atoms with E-state index >= 15 is 0 Å². The lowest BCUT2D eigenvalue weighted by atomic mass is 10.2. The first-order chi connectivity index (χ1) is 15.6. The maximum Gasteiger partial charge on any atom is 0.243 e. The average Bonchev–Trinajstić information content (AvgIpc) is 2.75. The van der Waals surface area contributed by atoms with Gasteiger partial charge in [0.25, 0.3) is 0 Å². The summed E-state index contributed by atoms with van der Waals surface area (Å²) in [5.41, 5.74) is 1.21. The highest BCUT2D eigenvalue weighted by Crippen LogP contribution is 2.26. The summed E-state index contributed by atoms with van der Waals surface area (Å²) in [5, 5.41) is 4.56. The zero-order valence-electron chi connectivity index (χ0n) is 16.9. The SMILES string of the molecule is O=C(CN(Cc1ccc(Cl)c(Cl)c1)S(=O)(=O)c1ccc(Cl)cc1)NCc1ccc(Cl)cc1Cl. The van der Waals surface area contributed by atoms with E-state index in [0.717, 1.165) is 4.31 Å². The Hall–Kier alpha value is -1.51. The second kappa shape index (κ2) is 11.3. The molecule has 0 atom stereocenters. The van der Waals surface area contributed by atoms with Crippen molar-refractivity contribution in [1.29, 1.82) is 0 Å². The monoisotopic (exact) mass is 564 g/mol. The van der Waals surface area contributed by atoms with Crippen LogP contribution in [-0.4, -0.2) is 25.2 Å². The number of carbonyl (C=O) groups excluding carboxylic acids is 1. The lowest BCUT2D eigenvalue weighted by molar-refractivity contribution is -0.121. The molecule has 0 heterocycles. The van der Waals surface area contributed by atoms with Crippen molar-refractivity contribution in [1.82, 2.24) is 9.62 Å². The van der Waals surface area contributed by atoms with Crippen LogP contribution in [0.5, 0.6) is 0 Å². The summed E-state index contributed by atoms with van der Waals surface area (Å²) in [4.78, 5) is 12.7. The molecule has 0 bridgehead atoms. The molecule has 3 rings (SSSR count). The van der Waals surface area contributed by atoms with Gasteiger partial charge in [-0.3, -0.25) is 4.79 Å². The molecule has 0 aromatic heterocycles. The molecule has 0 aliphatic heterocycles. The third-order valence-corrected chi connectivity index (χ3v) is 7.99. The van der Waals surface area contributed by atoms with Crippen LogP contribution < -0.4 is 5.32 Å². The minimum atomic E-state index is -4.04. The third kappa shape index (κ3) is 6.99. The van der Waals surface area contributed by atoms with Gasteiger partial charge in [0.05, 0.1) is 21.5 Å². The topological polar surface area (TPSA) is 66.5 Å². The maximum atomic E-state index is 13.3. The summed E-state index contributed by atoms with van der Waals surface area (Å²) in [6, 6.07) is 15.3. The second-order valence-electron chi connectivity index (χ2n) is 6.99. The number of sulfonamides is 1. The summed E-state index contributed by atoms with van der Waals surface area (Å²) >= 11 is 30.0. The molecule has 0 saturated carbocycles. The summed E-state index contributed by atoms with van der Waals surface area (Å²) in [6.07, 6.45) is 0. The van der Waals surface area contributed by atoms with Gasteiger partial charge in [0.1, 0.15) is 0 Å². The molecule has 0 spiro atoms. The average molecular weight is 567 g/mol. The molecule has 3 aromatic carbocycles. The Morgan fingerprint density at radius 3 is 2.09 bits per heavy atom. The van der Waals surface area contributed by atoms with Crippen molar-refractivity contribution < 1.29 is 13.2 Å². The van der Waals surface area contributed by atoms with Crippen molar-refractivity contribution in [3.8, 4) is 0 Å². The Morgan fingerprint density at radius 1 is 0.788 bits per heavy atom. The molecule has 0 aliphatic rings. The minimum absolute atomic E-state index is 0.000469. The fourth-order valence-corrected chi connectivity index (χ4v) is 5.20. The number of benzene rings is 3. The van der Waals surface area contributed by atoms with Gasteiger partial charge in [-0.2, -0.15) is 4.31 Å². The zero-order chi connectivity index (χ0) is 24.2. The normalized spacial score (nSPS) is 11.6. The van der Waals surface area contributed by atoms with Crippen LogP contribution in [0.15, 0.2) is 65.6 Å². The number of carbonyl (C=O) groups is 1. The van der Waals surface area contributed by atoms with Gasteiger partial charge in [-0.1, -0.05) is 70.1 Å². The molecular formula is C22H17Cl5N2O3S. The van der Waals surface area contributed by atoms with Crippen LogP contribution in [0.3, 0.4) is 0 Å². The van der Waals surface area contributed by atoms with Crippen molar-refractivity contribution >= 4 is 73.9 Å². The van der Waals surface area contributed by atoms with Crippen molar-refractivity contribution in [3.05, 3.63) is 96.9 Å². The highest BCUT2D eigenvalue weighted by Gasteiger charge is 2.27. The van der Waals surface area contributed by atoms with E-state index in [0.29, 0.717) is 31.2 Å². The van der Waals surface area contributed by atoms with Crippen molar-refractivity contribution in [2.24, 2.45) is 0 Å². The first-order valence-electron chi connectivity index (χ1n) is 9.46. The third-order valence-electron chi connectivity index (χ3n) is 4.61. The van der Waals surface area contributed by atoms with Crippen LogP contribution in [0.4, 0.5) is 0 Å². The van der Waals surface area contributed by atoms with E-state index in [4.69, 9.17) is 58.0 Å². The number of nitrogens with one attached hydrogen (secondary N) is 1. The van der Waals surface area contributed by atoms with Crippen molar-refractivity contribution in [3.63, 3.8) is 0 Å². The van der Waals surface area contributed by atoms with E-state index < -0.39 is 22.5 Å². The van der Waals surface area contributed by atoms with Crippen molar-refractivity contribution in [2.75, 3.05) is 6.54 Å². The molecule has 0 saturated heterocycles. The highest BCUT2D eigenvalue weighted by atomic mass is 35.5. The molecule has 0 fully saturated rings. The van der Waals surface area contributed by atoms with Gasteiger partial charge >= 0.3 is 0 Å². The van der Waals surface area contributed by atoms with E-state index in [1.165, 1.54) is 24.3 Å². The zero-order valence-corrected chi connectivity index (χ0v) is 21.5. The molecule has 11 heteroatoms. The molecule has 0 radical (unpaired) electrons. The maximum absolute atomic E-state index is 13.3. The number of nitrogens with zero attached hydrogens (tertiary/aromatic N) is 1. The van der Waals surface area contributed by atoms with E-state index in [9.17, 15) is 13.2 Å². The molecular weight excluding hydrogens is 550 g/mol. The van der Waals surface area contributed by atoms with Crippen LogP contribution in [-0.2, 0) is 27.9 Å². The van der Waals surface area contributed by atoms with Gasteiger partial charge in [0.2, 0.25) is 15.9 Å². The van der Waals surface area contributed by atoms with Crippen LogP contribution in [0.1, 0.15) is 11.1 Å². The number of amides is 1. The second-order valence-corrected chi connectivity index (χ2v) is 11.0. The summed E-state index contributed by atoms with van der Waals surface area (Å²) in [6.45, 7) is -0.427. The van der Waals surface area contributed by atoms with Gasteiger partial charge in [-0.05, 0) is 59.7 Å². The van der Waals surface area contributed by atoms with Gasteiger partial charge in [0, 0.05) is 28.2 Å². The number of rotatable bonds is 8. The first-order valence-corrected chi connectivity index (χ1v) is 12.8. The predicted molar refractivity (Wildman–Crippen MR) is 134 cm³/mol. The fraction of sp³-hybridized carbons (Fsp3) is 0.136. The first kappa shape index (κ1) is 26.1. The quantitative estimate of drug-likeness (QED) is 0.340. The largest absolute Gasteiger partial charge is 0.351 e. The smallest absolute Gasteiger partial charge is 0.243 e. The Kier molecular flexibility index (Phi) is 8.92. The lowest BCUT2D eigenvalue weighted by Gasteiger charge is -2.22. The number of hydrogen-bond donors (Lipinski definition) is 1. The number of hydrogen-bond acceptors (Lipinski definition) is 3. The Balaban J connectivity index is 1.83. The van der Waals surface area contributed by atoms with Crippen LogP contribution >= 0.6 is 58.0 Å². The van der Waals surface area contributed by atoms with Gasteiger partial charge in [-0.15, -0.1) is 0 Å². The van der Waals surface area contributed by atoms with Crippen LogP contribution in [0.25, 0.3) is 0 Å². The van der Waals surface area contributed by atoms with Crippen LogP contribution in [0, 0.1) is 0 Å². The van der Waals surface area contributed by atoms with E-state index in [1.54, 1.807) is 36.4 Å². The van der Waals surface area contributed by atoms with E-state index in [1.807, 2.05) is 0 Å². The Morgan fingerprint density at radius 2 is 1.45 bits per heavy atom. The van der Waals surface area contributed by atoms with E-state index in [-0.39, 0.29) is 23.0 Å². The molecule has 33 heavy (non-hydrogen) atoms. The van der Waals surface area contributed by atoms with E-state index in [2.05, 4.69) is 5.32 Å². The minimum Gasteiger partial charge on any atom is -0.351 e. The highest BCUT2D eigenvalue weighted by molar-refractivity contribution is 7.89. The summed E-state index contributed by atoms with van der Waals surface area (Å²) < 4.78 is 27.7. The Labute approximate surface area is 217 Å². The summed E-state index contributed by atoms with van der Waals surface area (Å²) in [7, 11) is -4.04. The lowest BCUT2D eigenvalue weighted by Crippen LogP contribution is -2.40. The van der Waals surface area contributed by atoms with Gasteiger partial charge in [-0.25, -0.2) is 8.42 Å². The predicted octanol–water partition coefficient (Wildman–Crippen LogP) is 6.46. The molecule has 174 valence electrons. The van der Waals surface area contributed by atoms with Crippen LogP contribution in [0.2, 0.25) is 25.1 Å². The molecule has 1 N–H and O–H groups in total. The molecule has 1 amide bonds. The van der Waals surface area contributed by atoms with Crippen molar-refractivity contribution in [2.45, 2.75) is 18.0 Å². The van der Waals surface area contributed by atoms with Gasteiger partial charge < -0.3 is 5.32 Å². The summed E-state index contributed by atoms with van der Waals surface area (Å²) in [5.74, 6) is -0.515. The fourth-order valence-electron chi connectivity index (χ4n) is 2.90. The van der Waals surface area contributed by atoms with Gasteiger partial charge in [0.15, 0.2) is 0 Å². The molecule has 3 aromatic rings. The molecule has 0 aliphatic carbocycles. The molecule has 0 unspecified atom stereocenters. The number of halogens is 5.